The highest BCUT2D eigenvalue weighted by Crippen LogP contribution is 2.37. The number of aliphatic hydroxyl groups excluding tert-OH is 1. The van der Waals surface area contributed by atoms with Gasteiger partial charge in [0.15, 0.2) is 0 Å². The monoisotopic (exact) mass is 262 g/mol. The van der Waals surface area contributed by atoms with Crippen molar-refractivity contribution in [2.45, 2.75) is 50.4 Å². The summed E-state index contributed by atoms with van der Waals surface area (Å²) in [5.41, 5.74) is 1.49. The van der Waals surface area contributed by atoms with Crippen LogP contribution in [0.1, 0.15) is 50.6 Å². The van der Waals surface area contributed by atoms with Crippen molar-refractivity contribution >= 4 is 0 Å². The van der Waals surface area contributed by atoms with Gasteiger partial charge in [-0.1, -0.05) is 25.3 Å². The molecule has 19 heavy (non-hydrogen) atoms. The highest BCUT2D eigenvalue weighted by molar-refractivity contribution is 5.18. The normalized spacial score (nSPS) is 18.4. The van der Waals surface area contributed by atoms with Crippen LogP contribution in [0.2, 0.25) is 0 Å². The van der Waals surface area contributed by atoms with Crippen molar-refractivity contribution in [3.8, 4) is 0 Å². The molecule has 1 fully saturated rings. The topological polar surface area (TPSA) is 45.1 Å². The van der Waals surface area contributed by atoms with Gasteiger partial charge in [-0.3, -0.25) is 4.98 Å². The van der Waals surface area contributed by atoms with Crippen molar-refractivity contribution < 1.29 is 5.11 Å². The standard InChI is InChI=1S/C16H26N2O/c19-13-7-6-11-17-14-16(9-3-1-4-10-16)15-8-2-5-12-18-15/h2,5,8,12,17,19H,1,3-4,6-7,9-11,13-14H2. The van der Waals surface area contributed by atoms with Crippen LogP contribution in [0, 0.1) is 0 Å². The summed E-state index contributed by atoms with van der Waals surface area (Å²) in [5, 5.41) is 12.4. The van der Waals surface area contributed by atoms with E-state index in [1.165, 1.54) is 37.8 Å². The van der Waals surface area contributed by atoms with E-state index in [0.717, 1.165) is 25.9 Å². The van der Waals surface area contributed by atoms with Crippen LogP contribution in [-0.4, -0.2) is 29.8 Å². The van der Waals surface area contributed by atoms with E-state index in [1.807, 2.05) is 12.3 Å². The Hall–Kier alpha value is -0.930. The van der Waals surface area contributed by atoms with E-state index in [0.29, 0.717) is 6.61 Å². The number of hydrogen-bond acceptors (Lipinski definition) is 3. The van der Waals surface area contributed by atoms with Gasteiger partial charge < -0.3 is 10.4 Å². The Morgan fingerprint density at radius 1 is 1.16 bits per heavy atom. The van der Waals surface area contributed by atoms with Gasteiger partial charge in [0.2, 0.25) is 0 Å². The van der Waals surface area contributed by atoms with Crippen LogP contribution in [0.4, 0.5) is 0 Å². The first-order valence-corrected chi connectivity index (χ1v) is 7.60. The van der Waals surface area contributed by atoms with Crippen molar-refractivity contribution in [2.24, 2.45) is 0 Å². The van der Waals surface area contributed by atoms with Crippen LogP contribution < -0.4 is 5.32 Å². The summed E-state index contributed by atoms with van der Waals surface area (Å²) < 4.78 is 0. The number of aromatic nitrogens is 1. The van der Waals surface area contributed by atoms with Gasteiger partial charge in [-0.2, -0.15) is 0 Å². The van der Waals surface area contributed by atoms with Crippen LogP contribution >= 0.6 is 0 Å². The number of nitrogens with one attached hydrogen (secondary N) is 1. The fourth-order valence-corrected chi connectivity index (χ4v) is 3.12. The molecule has 0 atom stereocenters. The average molecular weight is 262 g/mol. The third-order valence-electron chi connectivity index (χ3n) is 4.24. The third-order valence-corrected chi connectivity index (χ3v) is 4.24. The van der Waals surface area contributed by atoms with Gasteiger partial charge in [0, 0.05) is 30.5 Å². The fraction of sp³-hybridized carbons (Fsp3) is 0.688. The minimum atomic E-state index is 0.235. The number of pyridine rings is 1. The molecule has 3 nitrogen and oxygen atoms in total. The highest BCUT2D eigenvalue weighted by Gasteiger charge is 2.34. The second kappa shape index (κ2) is 7.61. The van der Waals surface area contributed by atoms with Gasteiger partial charge in [0.25, 0.3) is 0 Å². The predicted molar refractivity (Wildman–Crippen MR) is 78.2 cm³/mol. The van der Waals surface area contributed by atoms with E-state index in [9.17, 15) is 0 Å². The lowest BCUT2D eigenvalue weighted by molar-refractivity contribution is 0.265. The van der Waals surface area contributed by atoms with Gasteiger partial charge in [0.1, 0.15) is 0 Å². The first-order valence-electron chi connectivity index (χ1n) is 7.60. The molecule has 1 aliphatic carbocycles. The lowest BCUT2D eigenvalue weighted by Crippen LogP contribution is -2.41. The number of nitrogens with zero attached hydrogens (tertiary/aromatic N) is 1. The zero-order valence-electron chi connectivity index (χ0n) is 11.8. The predicted octanol–water partition coefficient (Wildman–Crippen LogP) is 2.65. The molecule has 1 saturated carbocycles. The maximum Gasteiger partial charge on any atom is 0.0478 e. The summed E-state index contributed by atoms with van der Waals surface area (Å²) in [6, 6.07) is 6.28. The van der Waals surface area contributed by atoms with Crippen LogP contribution in [0.25, 0.3) is 0 Å². The molecule has 3 heteroatoms. The minimum absolute atomic E-state index is 0.235. The third kappa shape index (κ3) is 4.02. The van der Waals surface area contributed by atoms with Gasteiger partial charge in [-0.25, -0.2) is 0 Å². The summed E-state index contributed by atoms with van der Waals surface area (Å²) in [4.78, 5) is 4.61. The number of hydrogen-bond donors (Lipinski definition) is 2. The Morgan fingerprint density at radius 3 is 2.68 bits per heavy atom. The van der Waals surface area contributed by atoms with Crippen LogP contribution in [0.5, 0.6) is 0 Å². The van der Waals surface area contributed by atoms with Gasteiger partial charge in [-0.15, -0.1) is 0 Å². The van der Waals surface area contributed by atoms with Crippen molar-refractivity contribution in [3.05, 3.63) is 30.1 Å². The number of rotatable bonds is 7. The van der Waals surface area contributed by atoms with Crippen LogP contribution in [-0.2, 0) is 5.41 Å². The summed E-state index contributed by atoms with van der Waals surface area (Å²) in [7, 11) is 0. The Morgan fingerprint density at radius 2 is 2.00 bits per heavy atom. The number of unbranched alkanes of at least 4 members (excludes halogenated alkanes) is 1. The van der Waals surface area contributed by atoms with Gasteiger partial charge in [0.05, 0.1) is 0 Å². The molecule has 0 aliphatic heterocycles. The molecule has 0 aromatic carbocycles. The maximum atomic E-state index is 8.81. The minimum Gasteiger partial charge on any atom is -0.396 e. The quantitative estimate of drug-likeness (QED) is 0.743. The van der Waals surface area contributed by atoms with E-state index in [2.05, 4.69) is 22.4 Å². The molecule has 1 aromatic heterocycles. The Kier molecular flexibility index (Phi) is 5.80. The van der Waals surface area contributed by atoms with E-state index in [-0.39, 0.29) is 5.41 Å². The largest absolute Gasteiger partial charge is 0.396 e. The second-order valence-electron chi connectivity index (χ2n) is 5.66. The zero-order valence-corrected chi connectivity index (χ0v) is 11.8. The number of aliphatic hydroxyl groups is 1. The SMILES string of the molecule is OCCCCNCC1(c2ccccn2)CCCCC1. The Bertz CT molecular complexity index is 347. The molecule has 2 rings (SSSR count). The van der Waals surface area contributed by atoms with Gasteiger partial charge in [-0.05, 0) is 44.4 Å². The van der Waals surface area contributed by atoms with E-state index in [4.69, 9.17) is 5.11 Å². The molecule has 2 N–H and O–H groups in total. The van der Waals surface area contributed by atoms with Crippen molar-refractivity contribution in [1.29, 1.82) is 0 Å². The van der Waals surface area contributed by atoms with Gasteiger partial charge >= 0.3 is 0 Å². The summed E-state index contributed by atoms with van der Waals surface area (Å²) in [6.45, 7) is 2.32. The molecule has 1 aliphatic rings. The lowest BCUT2D eigenvalue weighted by Gasteiger charge is -2.37. The van der Waals surface area contributed by atoms with E-state index < -0.39 is 0 Å². The fourth-order valence-electron chi connectivity index (χ4n) is 3.12. The molecule has 106 valence electrons. The maximum absolute atomic E-state index is 8.81. The summed E-state index contributed by atoms with van der Waals surface area (Å²) in [6.07, 6.45) is 10.3. The molecule has 0 radical (unpaired) electrons. The molecule has 1 aromatic rings. The first kappa shape index (κ1) is 14.5. The van der Waals surface area contributed by atoms with E-state index in [1.54, 1.807) is 0 Å². The smallest absolute Gasteiger partial charge is 0.0478 e. The van der Waals surface area contributed by atoms with E-state index >= 15 is 0 Å². The second-order valence-corrected chi connectivity index (χ2v) is 5.66. The molecule has 0 unspecified atom stereocenters. The Labute approximate surface area is 116 Å². The van der Waals surface area contributed by atoms with Crippen LogP contribution in [0.15, 0.2) is 24.4 Å². The van der Waals surface area contributed by atoms with Crippen molar-refractivity contribution in [2.75, 3.05) is 19.7 Å². The Balaban J connectivity index is 1.95. The molecule has 0 saturated heterocycles. The molecule has 0 spiro atoms. The molecule has 0 amide bonds. The average Bonchev–Trinajstić information content (AvgIpc) is 2.49. The van der Waals surface area contributed by atoms with Crippen LogP contribution in [0.3, 0.4) is 0 Å². The molecular weight excluding hydrogens is 236 g/mol. The summed E-state index contributed by atoms with van der Waals surface area (Å²) >= 11 is 0. The van der Waals surface area contributed by atoms with Crippen molar-refractivity contribution in [3.63, 3.8) is 0 Å². The molecular formula is C16H26N2O. The zero-order chi connectivity index (χ0) is 13.4. The molecule has 1 heterocycles. The summed E-state index contributed by atoms with van der Waals surface area (Å²) in [5.74, 6) is 0. The highest BCUT2D eigenvalue weighted by atomic mass is 16.2. The van der Waals surface area contributed by atoms with Crippen molar-refractivity contribution in [1.82, 2.24) is 10.3 Å². The lowest BCUT2D eigenvalue weighted by atomic mass is 9.71. The first-order chi connectivity index (χ1) is 9.37. The molecule has 0 bridgehead atoms.